The standard InChI is InChI=1S/C9H11NO5/c1-14-6-15-9-3-2-7(5-11)4-8(9)10(12)13/h2-4,11H,5-6H2,1H3. The minimum Gasteiger partial charge on any atom is -0.460 e. The van der Waals surface area contributed by atoms with Gasteiger partial charge in [0.1, 0.15) is 0 Å². The van der Waals surface area contributed by atoms with Crippen molar-refractivity contribution in [3.05, 3.63) is 33.9 Å². The Balaban J connectivity index is 2.98. The first-order valence-electron chi connectivity index (χ1n) is 4.19. The lowest BCUT2D eigenvalue weighted by atomic mass is 10.2. The molecule has 0 saturated carbocycles. The van der Waals surface area contributed by atoms with E-state index in [4.69, 9.17) is 9.84 Å². The van der Waals surface area contributed by atoms with Crippen LogP contribution < -0.4 is 4.74 Å². The van der Waals surface area contributed by atoms with Crippen LogP contribution >= 0.6 is 0 Å². The molecule has 0 amide bonds. The minimum absolute atomic E-state index is 0.0562. The van der Waals surface area contributed by atoms with Crippen LogP contribution in [0.15, 0.2) is 18.2 Å². The molecule has 0 saturated heterocycles. The third-order valence-corrected chi connectivity index (χ3v) is 1.73. The van der Waals surface area contributed by atoms with Gasteiger partial charge in [-0.15, -0.1) is 0 Å². The summed E-state index contributed by atoms with van der Waals surface area (Å²) in [4.78, 5) is 10.1. The molecule has 6 nitrogen and oxygen atoms in total. The molecular weight excluding hydrogens is 202 g/mol. The van der Waals surface area contributed by atoms with Crippen LogP contribution in [0.3, 0.4) is 0 Å². The number of hydrogen-bond acceptors (Lipinski definition) is 5. The van der Waals surface area contributed by atoms with E-state index in [-0.39, 0.29) is 24.8 Å². The van der Waals surface area contributed by atoms with Crippen molar-refractivity contribution in [1.29, 1.82) is 0 Å². The van der Waals surface area contributed by atoms with Gasteiger partial charge < -0.3 is 14.6 Å². The zero-order valence-electron chi connectivity index (χ0n) is 8.17. The fourth-order valence-corrected chi connectivity index (χ4v) is 1.05. The largest absolute Gasteiger partial charge is 0.460 e. The average Bonchev–Trinajstić information content (AvgIpc) is 2.26. The average molecular weight is 213 g/mol. The van der Waals surface area contributed by atoms with Crippen LogP contribution in [0.5, 0.6) is 5.75 Å². The topological polar surface area (TPSA) is 81.8 Å². The molecule has 82 valence electrons. The molecular formula is C9H11NO5. The van der Waals surface area contributed by atoms with Crippen LogP contribution in [0, 0.1) is 10.1 Å². The smallest absolute Gasteiger partial charge is 0.311 e. The SMILES string of the molecule is COCOc1ccc(CO)cc1[N+](=O)[O-]. The summed E-state index contributed by atoms with van der Waals surface area (Å²) < 4.78 is 9.64. The van der Waals surface area contributed by atoms with E-state index in [1.54, 1.807) is 6.07 Å². The van der Waals surface area contributed by atoms with Crippen molar-refractivity contribution >= 4 is 5.69 Å². The van der Waals surface area contributed by atoms with E-state index in [0.29, 0.717) is 5.56 Å². The lowest BCUT2D eigenvalue weighted by Crippen LogP contribution is -2.02. The van der Waals surface area contributed by atoms with Crippen molar-refractivity contribution in [3.8, 4) is 5.75 Å². The maximum Gasteiger partial charge on any atom is 0.311 e. The van der Waals surface area contributed by atoms with Gasteiger partial charge in [-0.3, -0.25) is 10.1 Å². The molecule has 0 fully saturated rings. The zero-order chi connectivity index (χ0) is 11.3. The normalized spacial score (nSPS) is 10.0. The first-order valence-corrected chi connectivity index (χ1v) is 4.19. The lowest BCUT2D eigenvalue weighted by molar-refractivity contribution is -0.386. The van der Waals surface area contributed by atoms with E-state index < -0.39 is 4.92 Å². The highest BCUT2D eigenvalue weighted by Gasteiger charge is 2.15. The van der Waals surface area contributed by atoms with E-state index in [1.165, 1.54) is 19.2 Å². The summed E-state index contributed by atoms with van der Waals surface area (Å²) in [5.74, 6) is 0.124. The predicted molar refractivity (Wildman–Crippen MR) is 51.5 cm³/mol. The molecule has 0 radical (unpaired) electrons. The minimum atomic E-state index is -0.565. The van der Waals surface area contributed by atoms with Gasteiger partial charge in [0.15, 0.2) is 12.5 Å². The second-order valence-electron chi connectivity index (χ2n) is 2.77. The number of nitro groups is 1. The molecule has 1 aromatic rings. The van der Waals surface area contributed by atoms with Gasteiger partial charge in [0.25, 0.3) is 0 Å². The maximum atomic E-state index is 10.7. The van der Waals surface area contributed by atoms with Crippen LogP contribution in [0.1, 0.15) is 5.56 Å². The number of aliphatic hydroxyl groups is 1. The summed E-state index contributed by atoms with van der Waals surface area (Å²) in [5.41, 5.74) is 0.282. The van der Waals surface area contributed by atoms with Crippen LogP contribution in [0.25, 0.3) is 0 Å². The zero-order valence-corrected chi connectivity index (χ0v) is 8.17. The highest BCUT2D eigenvalue weighted by atomic mass is 16.7. The van der Waals surface area contributed by atoms with Gasteiger partial charge in [-0.1, -0.05) is 6.07 Å². The number of hydrogen-bond donors (Lipinski definition) is 1. The van der Waals surface area contributed by atoms with Crippen molar-refractivity contribution in [2.45, 2.75) is 6.61 Å². The van der Waals surface area contributed by atoms with Crippen molar-refractivity contribution < 1.29 is 19.5 Å². The van der Waals surface area contributed by atoms with E-state index in [1.807, 2.05) is 0 Å². The number of benzene rings is 1. The summed E-state index contributed by atoms with van der Waals surface area (Å²) in [6, 6.07) is 4.26. The number of ether oxygens (including phenoxy) is 2. The van der Waals surface area contributed by atoms with Crippen molar-refractivity contribution in [1.82, 2.24) is 0 Å². The maximum absolute atomic E-state index is 10.7. The second-order valence-corrected chi connectivity index (χ2v) is 2.77. The number of nitrogens with zero attached hydrogens (tertiary/aromatic N) is 1. The first kappa shape index (κ1) is 11.4. The molecule has 0 aliphatic carbocycles. The molecule has 0 heterocycles. The molecule has 15 heavy (non-hydrogen) atoms. The van der Waals surface area contributed by atoms with E-state index in [2.05, 4.69) is 4.74 Å². The summed E-state index contributed by atoms with van der Waals surface area (Å²) in [7, 11) is 1.42. The molecule has 0 aliphatic rings. The van der Waals surface area contributed by atoms with Crippen LogP contribution in [-0.2, 0) is 11.3 Å². The van der Waals surface area contributed by atoms with Crippen molar-refractivity contribution in [2.24, 2.45) is 0 Å². The summed E-state index contributed by atoms with van der Waals surface area (Å²) in [6.07, 6.45) is 0. The van der Waals surface area contributed by atoms with Gasteiger partial charge in [-0.05, 0) is 11.6 Å². The third kappa shape index (κ3) is 2.90. The highest BCUT2D eigenvalue weighted by molar-refractivity contribution is 5.48. The molecule has 6 heteroatoms. The molecule has 1 N–H and O–H groups in total. The second kappa shape index (κ2) is 5.28. The van der Waals surface area contributed by atoms with Crippen molar-refractivity contribution in [3.63, 3.8) is 0 Å². The quantitative estimate of drug-likeness (QED) is 0.449. The number of rotatable bonds is 5. The summed E-state index contributed by atoms with van der Waals surface area (Å²) >= 11 is 0. The highest BCUT2D eigenvalue weighted by Crippen LogP contribution is 2.27. The molecule has 0 spiro atoms. The van der Waals surface area contributed by atoms with Gasteiger partial charge in [-0.25, -0.2) is 0 Å². The predicted octanol–water partition coefficient (Wildman–Crippen LogP) is 1.07. The lowest BCUT2D eigenvalue weighted by Gasteiger charge is -2.05. The van der Waals surface area contributed by atoms with Gasteiger partial charge in [0.2, 0.25) is 0 Å². The molecule has 0 aliphatic heterocycles. The van der Waals surface area contributed by atoms with E-state index in [9.17, 15) is 10.1 Å². The van der Waals surface area contributed by atoms with E-state index in [0.717, 1.165) is 0 Å². The molecule has 0 unspecified atom stereocenters. The monoisotopic (exact) mass is 213 g/mol. The van der Waals surface area contributed by atoms with Gasteiger partial charge >= 0.3 is 5.69 Å². The number of nitro benzene ring substituents is 1. The molecule has 0 aromatic heterocycles. The fraction of sp³-hybridized carbons (Fsp3) is 0.333. The Bertz CT molecular complexity index is 352. The van der Waals surface area contributed by atoms with Crippen molar-refractivity contribution in [2.75, 3.05) is 13.9 Å². The van der Waals surface area contributed by atoms with Crippen LogP contribution in [0.4, 0.5) is 5.69 Å². The number of aliphatic hydroxyl groups excluding tert-OH is 1. The summed E-state index contributed by atoms with van der Waals surface area (Å²) in [6.45, 7) is -0.301. The van der Waals surface area contributed by atoms with Crippen LogP contribution in [-0.4, -0.2) is 23.9 Å². The molecule has 0 atom stereocenters. The van der Waals surface area contributed by atoms with Gasteiger partial charge in [-0.2, -0.15) is 0 Å². The Morgan fingerprint density at radius 2 is 2.27 bits per heavy atom. The Morgan fingerprint density at radius 3 is 2.80 bits per heavy atom. The molecule has 1 aromatic carbocycles. The Morgan fingerprint density at radius 1 is 1.53 bits per heavy atom. The van der Waals surface area contributed by atoms with Gasteiger partial charge in [0, 0.05) is 13.2 Å². The fourth-order valence-electron chi connectivity index (χ4n) is 1.05. The third-order valence-electron chi connectivity index (χ3n) is 1.73. The van der Waals surface area contributed by atoms with Crippen LogP contribution in [0.2, 0.25) is 0 Å². The Hall–Kier alpha value is -1.66. The Labute approximate surface area is 86.2 Å². The summed E-state index contributed by atoms with van der Waals surface area (Å²) in [5, 5.41) is 19.5. The molecule has 1 rings (SSSR count). The number of methoxy groups -OCH3 is 1. The van der Waals surface area contributed by atoms with E-state index >= 15 is 0 Å². The molecule has 0 bridgehead atoms. The first-order chi connectivity index (χ1) is 7.19. The van der Waals surface area contributed by atoms with Gasteiger partial charge in [0.05, 0.1) is 11.5 Å². The Kier molecular flexibility index (Phi) is 4.02.